The minimum absolute atomic E-state index is 0.123. The van der Waals surface area contributed by atoms with E-state index in [1.165, 1.54) is 0 Å². The zero-order valence-corrected chi connectivity index (χ0v) is 16.8. The zero-order valence-electron chi connectivity index (χ0n) is 16.8. The molecule has 1 aromatic rings. The van der Waals surface area contributed by atoms with E-state index in [4.69, 9.17) is 4.74 Å². The van der Waals surface area contributed by atoms with Crippen LogP contribution in [0.4, 0.5) is 16.2 Å². The van der Waals surface area contributed by atoms with Crippen LogP contribution in [0.25, 0.3) is 0 Å². The quantitative estimate of drug-likeness (QED) is 0.728. The third-order valence-corrected chi connectivity index (χ3v) is 4.87. The molecular formula is C20H30N4O4. The molecule has 2 fully saturated rings. The Morgan fingerprint density at radius 1 is 1.25 bits per heavy atom. The summed E-state index contributed by atoms with van der Waals surface area (Å²) in [6, 6.07) is 7.77. The van der Waals surface area contributed by atoms with Crippen molar-refractivity contribution in [3.8, 4) is 0 Å². The van der Waals surface area contributed by atoms with Gasteiger partial charge in [-0.05, 0) is 45.4 Å². The van der Waals surface area contributed by atoms with E-state index >= 15 is 0 Å². The van der Waals surface area contributed by atoms with E-state index in [1.807, 2.05) is 45.0 Å². The molecule has 8 nitrogen and oxygen atoms in total. The zero-order chi connectivity index (χ0) is 20.3. The number of rotatable bonds is 3. The Morgan fingerprint density at radius 3 is 2.61 bits per heavy atom. The Bertz CT molecular complexity index is 710. The largest absolute Gasteiger partial charge is 0.444 e. The maximum absolute atomic E-state index is 12.2. The molecule has 0 aromatic heterocycles. The highest BCUT2D eigenvalue weighted by molar-refractivity contribution is 5.77. The summed E-state index contributed by atoms with van der Waals surface area (Å²) in [6.07, 6.45) is -0.162. The van der Waals surface area contributed by atoms with Crippen LogP contribution in [-0.4, -0.2) is 66.1 Å². The minimum Gasteiger partial charge on any atom is -0.444 e. The number of ether oxygens (including phenoxy) is 1. The summed E-state index contributed by atoms with van der Waals surface area (Å²) in [7, 11) is 0. The van der Waals surface area contributed by atoms with Crippen molar-refractivity contribution in [2.24, 2.45) is 0 Å². The number of nitrogens with zero attached hydrogens (tertiary/aromatic N) is 2. The van der Waals surface area contributed by atoms with Gasteiger partial charge in [-0.3, -0.25) is 4.79 Å². The lowest BCUT2D eigenvalue weighted by Gasteiger charge is -2.37. The molecule has 2 heterocycles. The molecule has 2 atom stereocenters. The number of carbonyl (C=O) groups excluding carboxylic acids is 2. The summed E-state index contributed by atoms with van der Waals surface area (Å²) in [5.41, 5.74) is 1.47. The van der Waals surface area contributed by atoms with Gasteiger partial charge < -0.3 is 30.3 Å². The number of anilines is 2. The highest BCUT2D eigenvalue weighted by Crippen LogP contribution is 2.23. The Kier molecular flexibility index (Phi) is 5.98. The molecule has 2 amide bonds. The fourth-order valence-electron chi connectivity index (χ4n) is 3.41. The van der Waals surface area contributed by atoms with Gasteiger partial charge in [-0.2, -0.15) is 0 Å². The molecule has 3 N–H and O–H groups in total. The van der Waals surface area contributed by atoms with Crippen molar-refractivity contribution in [2.75, 3.05) is 36.4 Å². The van der Waals surface area contributed by atoms with E-state index in [0.717, 1.165) is 24.5 Å². The topological polar surface area (TPSA) is 94.1 Å². The first kappa shape index (κ1) is 20.3. The fourth-order valence-corrected chi connectivity index (χ4v) is 3.41. The van der Waals surface area contributed by atoms with E-state index in [-0.39, 0.29) is 18.0 Å². The normalized spacial score (nSPS) is 23.2. The number of hydrogen-bond acceptors (Lipinski definition) is 6. The van der Waals surface area contributed by atoms with E-state index in [9.17, 15) is 14.7 Å². The van der Waals surface area contributed by atoms with Crippen LogP contribution in [0.5, 0.6) is 0 Å². The Morgan fingerprint density at radius 2 is 1.96 bits per heavy atom. The van der Waals surface area contributed by atoms with Crippen LogP contribution in [0.15, 0.2) is 24.3 Å². The molecule has 0 radical (unpaired) electrons. The Labute approximate surface area is 165 Å². The molecule has 0 spiro atoms. The maximum Gasteiger partial charge on any atom is 0.410 e. The number of carbonyl (C=O) groups is 2. The van der Waals surface area contributed by atoms with Gasteiger partial charge in [0.1, 0.15) is 11.8 Å². The first-order valence-electron chi connectivity index (χ1n) is 9.78. The second kappa shape index (κ2) is 8.26. The van der Waals surface area contributed by atoms with Crippen molar-refractivity contribution in [1.82, 2.24) is 10.2 Å². The van der Waals surface area contributed by atoms with Crippen LogP contribution in [0.3, 0.4) is 0 Å². The van der Waals surface area contributed by atoms with Crippen LogP contribution in [0.2, 0.25) is 0 Å². The van der Waals surface area contributed by atoms with E-state index < -0.39 is 11.8 Å². The van der Waals surface area contributed by atoms with Crippen molar-refractivity contribution in [2.45, 2.75) is 51.5 Å². The van der Waals surface area contributed by atoms with Gasteiger partial charge in [0.05, 0.1) is 6.04 Å². The molecule has 3 rings (SSSR count). The molecular weight excluding hydrogens is 360 g/mol. The number of nitrogens with one attached hydrogen (secondary N) is 2. The molecule has 2 unspecified atom stereocenters. The molecule has 28 heavy (non-hydrogen) atoms. The van der Waals surface area contributed by atoms with Gasteiger partial charge in [-0.25, -0.2) is 4.79 Å². The smallest absolute Gasteiger partial charge is 0.410 e. The molecule has 8 heteroatoms. The van der Waals surface area contributed by atoms with Crippen molar-refractivity contribution in [1.29, 1.82) is 0 Å². The summed E-state index contributed by atoms with van der Waals surface area (Å²) in [6.45, 7) is 8.28. The van der Waals surface area contributed by atoms with E-state index in [1.54, 1.807) is 4.90 Å². The van der Waals surface area contributed by atoms with Crippen LogP contribution >= 0.6 is 0 Å². The second-order valence-corrected chi connectivity index (χ2v) is 8.31. The lowest BCUT2D eigenvalue weighted by atomic mass is 10.0. The first-order valence-corrected chi connectivity index (χ1v) is 9.78. The number of aliphatic hydroxyl groups excluding tert-OH is 1. The van der Waals surface area contributed by atoms with E-state index in [2.05, 4.69) is 15.5 Å². The monoisotopic (exact) mass is 390 g/mol. The van der Waals surface area contributed by atoms with Crippen molar-refractivity contribution >= 4 is 23.4 Å². The van der Waals surface area contributed by atoms with Gasteiger partial charge in [-0.15, -0.1) is 0 Å². The molecule has 0 saturated carbocycles. The second-order valence-electron chi connectivity index (χ2n) is 8.31. The highest BCUT2D eigenvalue weighted by Gasteiger charge is 2.28. The number of hydrogen-bond donors (Lipinski definition) is 3. The molecule has 154 valence electrons. The lowest BCUT2D eigenvalue weighted by Crippen LogP contribution is -2.51. The summed E-state index contributed by atoms with van der Waals surface area (Å²) in [5, 5.41) is 15.9. The Hall–Kier alpha value is -2.48. The average molecular weight is 390 g/mol. The summed E-state index contributed by atoms with van der Waals surface area (Å²) < 4.78 is 5.44. The van der Waals surface area contributed by atoms with Gasteiger partial charge in [0.15, 0.2) is 0 Å². The van der Waals surface area contributed by atoms with Crippen molar-refractivity contribution in [3.63, 3.8) is 0 Å². The van der Waals surface area contributed by atoms with Gasteiger partial charge in [0, 0.05) is 44.0 Å². The maximum atomic E-state index is 12.2. The van der Waals surface area contributed by atoms with Crippen LogP contribution < -0.4 is 15.5 Å². The minimum atomic E-state index is -0.887. The highest BCUT2D eigenvalue weighted by atomic mass is 16.6. The van der Waals surface area contributed by atoms with Crippen molar-refractivity contribution in [3.05, 3.63) is 24.3 Å². The summed E-state index contributed by atoms with van der Waals surface area (Å²) in [5.74, 6) is -0.123. The number of piperazine rings is 1. The van der Waals surface area contributed by atoms with Gasteiger partial charge in [0.2, 0.25) is 5.91 Å². The Balaban J connectivity index is 1.56. The number of amides is 2. The average Bonchev–Trinajstić information content (AvgIpc) is 2.63. The standard InChI is InChI=1S/C20H30N4O4/c1-20(2,3)28-19(27)24-11-9-23(10-12-24)15-6-4-5-14(13-15)21-16-7-8-17(25)22-18(16)26/h4-6,13,16,18,21,26H,7-12H2,1-3H3,(H,22,25). The van der Waals surface area contributed by atoms with Gasteiger partial charge in [0.25, 0.3) is 0 Å². The van der Waals surface area contributed by atoms with Crippen LogP contribution in [0, 0.1) is 0 Å². The third-order valence-electron chi connectivity index (χ3n) is 4.87. The SMILES string of the molecule is CC(C)(C)OC(=O)N1CCN(c2cccc(NC3CCC(=O)NC3O)c2)CC1. The predicted molar refractivity (Wildman–Crippen MR) is 107 cm³/mol. The molecule has 2 saturated heterocycles. The first-order chi connectivity index (χ1) is 13.2. The number of benzene rings is 1. The third kappa shape index (κ3) is 5.28. The summed E-state index contributed by atoms with van der Waals surface area (Å²) in [4.78, 5) is 27.5. The summed E-state index contributed by atoms with van der Waals surface area (Å²) >= 11 is 0. The number of aliphatic hydroxyl groups is 1. The molecule has 1 aromatic carbocycles. The number of piperidine rings is 1. The van der Waals surface area contributed by atoms with Crippen molar-refractivity contribution < 1.29 is 19.4 Å². The van der Waals surface area contributed by atoms with Gasteiger partial charge in [-0.1, -0.05) is 6.07 Å². The lowest BCUT2D eigenvalue weighted by molar-refractivity contribution is -0.126. The van der Waals surface area contributed by atoms with Gasteiger partial charge >= 0.3 is 6.09 Å². The molecule has 2 aliphatic heterocycles. The molecule has 2 aliphatic rings. The molecule has 0 bridgehead atoms. The van der Waals surface area contributed by atoms with E-state index in [0.29, 0.717) is 25.9 Å². The predicted octanol–water partition coefficient (Wildman–Crippen LogP) is 1.75. The van der Waals surface area contributed by atoms with Crippen LogP contribution in [0.1, 0.15) is 33.6 Å². The van der Waals surface area contributed by atoms with Crippen LogP contribution in [-0.2, 0) is 9.53 Å². The fraction of sp³-hybridized carbons (Fsp3) is 0.600. The molecule has 0 aliphatic carbocycles.